The lowest BCUT2D eigenvalue weighted by atomic mass is 10.1. The molecule has 0 radical (unpaired) electrons. The summed E-state index contributed by atoms with van der Waals surface area (Å²) >= 11 is 11.9. The van der Waals surface area contributed by atoms with Gasteiger partial charge >= 0.3 is 0 Å². The van der Waals surface area contributed by atoms with Crippen LogP contribution in [0.1, 0.15) is 24.1 Å². The molecule has 0 spiro atoms. The minimum atomic E-state index is -0.00177. The predicted octanol–water partition coefficient (Wildman–Crippen LogP) is 3.94. The number of amides is 1. The molecule has 2 heterocycles. The highest BCUT2D eigenvalue weighted by atomic mass is 35.5. The molecule has 0 bridgehead atoms. The third-order valence-electron chi connectivity index (χ3n) is 4.15. The molecule has 0 aliphatic carbocycles. The van der Waals surface area contributed by atoms with Crippen LogP contribution in [0.15, 0.2) is 36.8 Å². The summed E-state index contributed by atoms with van der Waals surface area (Å²) < 4.78 is 5.85. The number of carbonyl (C=O) groups is 1. The van der Waals surface area contributed by atoms with Crippen molar-refractivity contribution >= 4 is 35.2 Å². The minimum absolute atomic E-state index is 0.00177. The molecule has 1 N–H and O–H groups in total. The van der Waals surface area contributed by atoms with Crippen molar-refractivity contribution in [1.82, 2.24) is 14.9 Å². The molecule has 3 rings (SSSR count). The number of imidazole rings is 1. The largest absolute Gasteiger partial charge is 0.372 e. The van der Waals surface area contributed by atoms with Gasteiger partial charge in [-0.2, -0.15) is 0 Å². The molecular weight excluding hydrogens is 361 g/mol. The van der Waals surface area contributed by atoms with Crippen LogP contribution in [-0.4, -0.2) is 40.0 Å². The number of ether oxygens (including phenoxy) is 1. The van der Waals surface area contributed by atoms with Crippen LogP contribution < -0.4 is 0 Å². The van der Waals surface area contributed by atoms with E-state index < -0.39 is 0 Å². The molecular formula is C18H19Cl2N3O2. The molecule has 1 aliphatic heterocycles. The van der Waals surface area contributed by atoms with Crippen molar-refractivity contribution in [2.24, 2.45) is 0 Å². The Balaban J connectivity index is 1.46. The van der Waals surface area contributed by atoms with E-state index in [0.29, 0.717) is 29.7 Å². The Hall–Kier alpha value is -1.82. The number of hydrogen-bond acceptors (Lipinski definition) is 3. The lowest BCUT2D eigenvalue weighted by molar-refractivity contribution is -0.128. The molecule has 0 unspecified atom stereocenters. The molecule has 7 heteroatoms. The van der Waals surface area contributed by atoms with Gasteiger partial charge in [0.15, 0.2) is 0 Å². The summed E-state index contributed by atoms with van der Waals surface area (Å²) in [4.78, 5) is 21.1. The zero-order chi connectivity index (χ0) is 17.6. The van der Waals surface area contributed by atoms with Crippen LogP contribution in [0.4, 0.5) is 0 Å². The van der Waals surface area contributed by atoms with Gasteiger partial charge in [0.05, 0.1) is 41.0 Å². The summed E-state index contributed by atoms with van der Waals surface area (Å²) in [5.74, 6) is -0.00177. The first-order valence-corrected chi connectivity index (χ1v) is 8.88. The van der Waals surface area contributed by atoms with Crippen molar-refractivity contribution < 1.29 is 9.53 Å². The molecule has 25 heavy (non-hydrogen) atoms. The number of H-pyrrole nitrogens is 1. The Kier molecular flexibility index (Phi) is 6.13. The third-order valence-corrected chi connectivity index (χ3v) is 4.88. The van der Waals surface area contributed by atoms with Crippen LogP contribution in [0.5, 0.6) is 0 Å². The van der Waals surface area contributed by atoms with Gasteiger partial charge < -0.3 is 14.6 Å². The standard InChI is InChI=1S/C18H19Cl2N3O2/c19-16-3-1-13(9-17(16)20)2-4-18(24)23-7-5-15(6-8-23)25-11-14-10-21-12-22-14/h1-4,9-10,12,15H,5-8,11H2,(H,21,22). The van der Waals surface area contributed by atoms with Gasteiger partial charge in [-0.3, -0.25) is 4.79 Å². The number of aromatic nitrogens is 2. The van der Waals surface area contributed by atoms with Crippen LogP contribution in [0.3, 0.4) is 0 Å². The predicted molar refractivity (Wildman–Crippen MR) is 98.5 cm³/mol. The quantitative estimate of drug-likeness (QED) is 0.800. The highest BCUT2D eigenvalue weighted by Crippen LogP contribution is 2.23. The van der Waals surface area contributed by atoms with Gasteiger partial charge in [0.1, 0.15) is 0 Å². The molecule has 0 saturated carbocycles. The number of nitrogens with zero attached hydrogens (tertiary/aromatic N) is 2. The summed E-state index contributed by atoms with van der Waals surface area (Å²) in [6.07, 6.45) is 8.57. The number of carbonyl (C=O) groups excluding carboxylic acids is 1. The Morgan fingerprint density at radius 1 is 1.32 bits per heavy atom. The zero-order valence-electron chi connectivity index (χ0n) is 13.6. The summed E-state index contributed by atoms with van der Waals surface area (Å²) in [5.41, 5.74) is 1.81. The maximum absolute atomic E-state index is 12.3. The number of aromatic amines is 1. The molecule has 0 atom stereocenters. The van der Waals surface area contributed by atoms with E-state index in [1.165, 1.54) is 0 Å². The van der Waals surface area contributed by atoms with Gasteiger partial charge in [-0.05, 0) is 36.6 Å². The van der Waals surface area contributed by atoms with Crippen molar-refractivity contribution in [2.45, 2.75) is 25.6 Å². The fourth-order valence-electron chi connectivity index (χ4n) is 2.70. The fourth-order valence-corrected chi connectivity index (χ4v) is 3.01. The van der Waals surface area contributed by atoms with Gasteiger partial charge in [-0.15, -0.1) is 0 Å². The molecule has 132 valence electrons. The highest BCUT2D eigenvalue weighted by molar-refractivity contribution is 6.42. The second-order valence-electron chi connectivity index (χ2n) is 5.92. The summed E-state index contributed by atoms with van der Waals surface area (Å²) in [5, 5.41) is 0.980. The first-order valence-electron chi connectivity index (χ1n) is 8.13. The molecule has 1 aromatic carbocycles. The summed E-state index contributed by atoms with van der Waals surface area (Å²) in [7, 11) is 0. The minimum Gasteiger partial charge on any atom is -0.372 e. The maximum atomic E-state index is 12.3. The first-order chi connectivity index (χ1) is 12.1. The van der Waals surface area contributed by atoms with E-state index in [-0.39, 0.29) is 12.0 Å². The number of rotatable bonds is 5. The molecule has 2 aromatic rings. The Morgan fingerprint density at radius 2 is 2.12 bits per heavy atom. The SMILES string of the molecule is O=C(C=Cc1ccc(Cl)c(Cl)c1)N1CCC(OCc2cnc[nH]2)CC1. The molecule has 1 aromatic heterocycles. The van der Waals surface area contributed by atoms with Crippen molar-refractivity contribution in [3.8, 4) is 0 Å². The lowest BCUT2D eigenvalue weighted by Crippen LogP contribution is -2.40. The van der Waals surface area contributed by atoms with Gasteiger partial charge in [0.2, 0.25) is 5.91 Å². The van der Waals surface area contributed by atoms with Gasteiger partial charge in [0.25, 0.3) is 0 Å². The summed E-state index contributed by atoms with van der Waals surface area (Å²) in [6.45, 7) is 1.91. The number of hydrogen-bond donors (Lipinski definition) is 1. The zero-order valence-corrected chi connectivity index (χ0v) is 15.1. The number of halogens is 2. The number of nitrogens with one attached hydrogen (secondary N) is 1. The second kappa shape index (κ2) is 8.52. The van der Waals surface area contributed by atoms with Gasteiger partial charge in [0, 0.05) is 19.2 Å². The van der Waals surface area contributed by atoms with E-state index >= 15 is 0 Å². The Labute approximate surface area is 156 Å². The van der Waals surface area contributed by atoms with E-state index in [2.05, 4.69) is 9.97 Å². The fraction of sp³-hybridized carbons (Fsp3) is 0.333. The van der Waals surface area contributed by atoms with Gasteiger partial charge in [-0.1, -0.05) is 29.3 Å². The smallest absolute Gasteiger partial charge is 0.246 e. The maximum Gasteiger partial charge on any atom is 0.246 e. The van der Waals surface area contributed by atoms with Crippen LogP contribution >= 0.6 is 23.2 Å². The Morgan fingerprint density at radius 3 is 2.80 bits per heavy atom. The lowest BCUT2D eigenvalue weighted by Gasteiger charge is -2.31. The molecule has 5 nitrogen and oxygen atoms in total. The van der Waals surface area contributed by atoms with Crippen molar-refractivity contribution in [2.75, 3.05) is 13.1 Å². The number of benzene rings is 1. The van der Waals surface area contributed by atoms with Crippen molar-refractivity contribution in [1.29, 1.82) is 0 Å². The average Bonchev–Trinajstić information content (AvgIpc) is 3.15. The van der Waals surface area contributed by atoms with Crippen LogP contribution in [0, 0.1) is 0 Å². The normalized spacial score (nSPS) is 15.8. The van der Waals surface area contributed by atoms with E-state index in [1.807, 2.05) is 11.0 Å². The molecule has 1 aliphatic rings. The van der Waals surface area contributed by atoms with Crippen LogP contribution in [-0.2, 0) is 16.1 Å². The highest BCUT2D eigenvalue weighted by Gasteiger charge is 2.22. The van der Waals surface area contributed by atoms with E-state index in [0.717, 1.165) is 24.1 Å². The topological polar surface area (TPSA) is 58.2 Å². The van der Waals surface area contributed by atoms with Crippen molar-refractivity contribution in [3.05, 3.63) is 58.1 Å². The monoisotopic (exact) mass is 379 g/mol. The first kappa shape index (κ1) is 18.0. The van der Waals surface area contributed by atoms with E-state index in [1.54, 1.807) is 36.8 Å². The molecule has 1 amide bonds. The third kappa shape index (κ3) is 5.08. The van der Waals surface area contributed by atoms with Crippen LogP contribution in [0.25, 0.3) is 6.08 Å². The van der Waals surface area contributed by atoms with E-state index in [9.17, 15) is 4.79 Å². The average molecular weight is 380 g/mol. The number of likely N-dealkylation sites (tertiary alicyclic amines) is 1. The second-order valence-corrected chi connectivity index (χ2v) is 6.73. The molecule has 1 saturated heterocycles. The van der Waals surface area contributed by atoms with Gasteiger partial charge in [-0.25, -0.2) is 4.98 Å². The van der Waals surface area contributed by atoms with Crippen LogP contribution in [0.2, 0.25) is 10.0 Å². The van der Waals surface area contributed by atoms with Crippen molar-refractivity contribution in [3.63, 3.8) is 0 Å². The van der Waals surface area contributed by atoms with E-state index in [4.69, 9.17) is 27.9 Å². The number of piperidine rings is 1. The Bertz CT molecular complexity index is 739. The molecule has 1 fully saturated rings. The summed E-state index contributed by atoms with van der Waals surface area (Å²) in [6, 6.07) is 5.28.